The van der Waals surface area contributed by atoms with Crippen LogP contribution in [0.4, 0.5) is 5.69 Å². The van der Waals surface area contributed by atoms with Gasteiger partial charge in [0.25, 0.3) is 5.91 Å². The first-order valence-electron chi connectivity index (χ1n) is 9.63. The zero-order valence-corrected chi connectivity index (χ0v) is 17.4. The molecule has 1 aromatic carbocycles. The molecule has 0 radical (unpaired) electrons. The number of amides is 1. The summed E-state index contributed by atoms with van der Waals surface area (Å²) in [5.74, 6) is 0.0639. The van der Waals surface area contributed by atoms with Crippen LogP contribution in [0, 0.1) is 11.3 Å². The molecular formula is C20H28N2O5S. The van der Waals surface area contributed by atoms with E-state index >= 15 is 0 Å². The van der Waals surface area contributed by atoms with Crippen LogP contribution in [0.5, 0.6) is 5.75 Å². The number of methoxy groups -OCH3 is 1. The molecule has 1 heterocycles. The second kappa shape index (κ2) is 8.11. The van der Waals surface area contributed by atoms with Gasteiger partial charge in [0.2, 0.25) is 11.2 Å². The zero-order valence-electron chi connectivity index (χ0n) is 16.6. The largest absolute Gasteiger partial charge is 0.506 e. The maximum absolute atomic E-state index is 12.0. The number of fused-ring (bicyclic) bond motifs is 1. The second-order valence-corrected chi connectivity index (χ2v) is 9.44. The Morgan fingerprint density at radius 1 is 1.39 bits per heavy atom. The van der Waals surface area contributed by atoms with Gasteiger partial charge >= 0.3 is 5.97 Å². The fourth-order valence-corrected chi connectivity index (χ4v) is 4.99. The lowest BCUT2D eigenvalue weighted by atomic mass is 9.79. The van der Waals surface area contributed by atoms with Crippen LogP contribution >= 0.6 is 0 Å². The standard InChI is InChI=1S/C20H28N2O5S/c1-20(2,19(25)27-3)8-4-5-13-6-7-14-11-17(23)16(10-15(14)9-13)22-12-18(24)21-28(22)26/h10-11,13,23H,4-9,12H2,1-3H3,(H,21,24). The number of hydrogen-bond donors (Lipinski definition) is 2. The van der Waals surface area contributed by atoms with Crippen molar-refractivity contribution in [3.63, 3.8) is 0 Å². The summed E-state index contributed by atoms with van der Waals surface area (Å²) < 4.78 is 20.7. The highest BCUT2D eigenvalue weighted by Crippen LogP contribution is 2.38. The van der Waals surface area contributed by atoms with Crippen LogP contribution in [0.2, 0.25) is 0 Å². The number of aryl methyl sites for hydroxylation is 1. The SMILES string of the molecule is COC(=O)C(C)(C)CCCC1CCc2cc(O)c(N3CC(=O)NS3=O)cc2C1. The van der Waals surface area contributed by atoms with E-state index in [1.165, 1.54) is 11.4 Å². The maximum atomic E-state index is 12.0. The van der Waals surface area contributed by atoms with Crippen molar-refractivity contribution in [3.05, 3.63) is 23.3 Å². The molecule has 2 unspecified atom stereocenters. The fraction of sp³-hybridized carbons (Fsp3) is 0.600. The molecule has 7 nitrogen and oxygen atoms in total. The number of aromatic hydroxyl groups is 1. The Bertz CT molecular complexity index is 808. The van der Waals surface area contributed by atoms with Crippen LogP contribution in [0.1, 0.15) is 50.7 Å². The van der Waals surface area contributed by atoms with Gasteiger partial charge in [-0.25, -0.2) is 4.21 Å². The molecule has 2 aliphatic rings. The van der Waals surface area contributed by atoms with Gasteiger partial charge in [-0.05, 0) is 68.7 Å². The van der Waals surface area contributed by atoms with Crippen molar-refractivity contribution in [1.29, 1.82) is 0 Å². The summed E-state index contributed by atoms with van der Waals surface area (Å²) in [6.45, 7) is 3.80. The Kier molecular flexibility index (Phi) is 5.98. The molecule has 8 heteroatoms. The minimum Gasteiger partial charge on any atom is -0.506 e. The number of ether oxygens (including phenoxy) is 1. The highest BCUT2D eigenvalue weighted by Gasteiger charge is 2.31. The van der Waals surface area contributed by atoms with E-state index in [1.807, 2.05) is 19.9 Å². The predicted octanol–water partition coefficient (Wildman–Crippen LogP) is 2.38. The number of benzene rings is 1. The van der Waals surface area contributed by atoms with Crippen molar-refractivity contribution in [2.75, 3.05) is 18.0 Å². The van der Waals surface area contributed by atoms with Crippen LogP contribution in [0.3, 0.4) is 0 Å². The second-order valence-electron chi connectivity index (χ2n) is 8.30. The van der Waals surface area contributed by atoms with Crippen LogP contribution in [0.15, 0.2) is 12.1 Å². The van der Waals surface area contributed by atoms with E-state index in [2.05, 4.69) is 4.72 Å². The van der Waals surface area contributed by atoms with Gasteiger partial charge in [-0.2, -0.15) is 0 Å². The molecule has 0 bridgehead atoms. The molecule has 0 aromatic heterocycles. The number of hydrogen-bond acceptors (Lipinski definition) is 5. The van der Waals surface area contributed by atoms with Gasteiger partial charge in [0.05, 0.1) is 18.2 Å². The summed E-state index contributed by atoms with van der Waals surface area (Å²) >= 11 is -1.65. The molecule has 1 aromatic rings. The smallest absolute Gasteiger partial charge is 0.311 e. The number of phenols is 1. The molecule has 28 heavy (non-hydrogen) atoms. The van der Waals surface area contributed by atoms with Gasteiger partial charge < -0.3 is 9.84 Å². The molecule has 2 atom stereocenters. The normalized spacial score (nSPS) is 22.0. The number of rotatable bonds is 6. The number of esters is 1. The van der Waals surface area contributed by atoms with Crippen molar-refractivity contribution < 1.29 is 23.6 Å². The van der Waals surface area contributed by atoms with Gasteiger partial charge in [0.15, 0.2) is 0 Å². The van der Waals surface area contributed by atoms with Crippen LogP contribution in [-0.2, 0) is 38.3 Å². The van der Waals surface area contributed by atoms with Gasteiger partial charge in [-0.15, -0.1) is 0 Å². The Morgan fingerprint density at radius 2 is 2.14 bits per heavy atom. The summed E-state index contributed by atoms with van der Waals surface area (Å²) in [7, 11) is 1.42. The minimum atomic E-state index is -1.65. The highest BCUT2D eigenvalue weighted by atomic mass is 32.2. The highest BCUT2D eigenvalue weighted by molar-refractivity contribution is 7.85. The third-order valence-corrected chi connectivity index (χ3v) is 6.87. The van der Waals surface area contributed by atoms with Crippen LogP contribution in [0.25, 0.3) is 0 Å². The molecule has 1 aliphatic heterocycles. The van der Waals surface area contributed by atoms with E-state index in [4.69, 9.17) is 4.74 Å². The fourth-order valence-electron chi connectivity index (χ4n) is 4.06. The van der Waals surface area contributed by atoms with E-state index in [9.17, 15) is 18.9 Å². The van der Waals surface area contributed by atoms with Crippen LogP contribution in [-0.4, -0.2) is 34.8 Å². The lowest BCUT2D eigenvalue weighted by molar-refractivity contribution is -0.151. The summed E-state index contributed by atoms with van der Waals surface area (Å²) in [4.78, 5) is 23.3. The van der Waals surface area contributed by atoms with E-state index in [1.54, 1.807) is 6.07 Å². The van der Waals surface area contributed by atoms with E-state index in [-0.39, 0.29) is 24.2 Å². The van der Waals surface area contributed by atoms with Gasteiger partial charge in [0.1, 0.15) is 12.3 Å². The molecule has 3 rings (SSSR count). The number of carbonyl (C=O) groups excluding carboxylic acids is 2. The van der Waals surface area contributed by atoms with Crippen molar-refractivity contribution in [2.24, 2.45) is 11.3 Å². The number of nitrogens with zero attached hydrogens (tertiary/aromatic N) is 1. The van der Waals surface area contributed by atoms with Crippen molar-refractivity contribution in [2.45, 2.75) is 52.4 Å². The Morgan fingerprint density at radius 3 is 2.79 bits per heavy atom. The van der Waals surface area contributed by atoms with Crippen molar-refractivity contribution >= 4 is 28.7 Å². The zero-order chi connectivity index (χ0) is 20.5. The molecule has 0 spiro atoms. The van der Waals surface area contributed by atoms with Crippen molar-refractivity contribution in [3.8, 4) is 5.75 Å². The number of phenolic OH excluding ortho intramolecular Hbond substituents is 1. The van der Waals surface area contributed by atoms with Gasteiger partial charge in [-0.3, -0.25) is 18.6 Å². The summed E-state index contributed by atoms with van der Waals surface area (Å²) in [5, 5.41) is 10.3. The monoisotopic (exact) mass is 408 g/mol. The molecule has 154 valence electrons. The lowest BCUT2D eigenvalue weighted by Crippen LogP contribution is -2.26. The first kappa shape index (κ1) is 20.6. The lowest BCUT2D eigenvalue weighted by Gasteiger charge is -2.28. The molecular weight excluding hydrogens is 380 g/mol. The summed E-state index contributed by atoms with van der Waals surface area (Å²) in [5.41, 5.74) is 2.20. The Labute approximate surface area is 168 Å². The van der Waals surface area contributed by atoms with Crippen LogP contribution < -0.4 is 9.03 Å². The maximum Gasteiger partial charge on any atom is 0.311 e. The number of carbonyl (C=O) groups is 2. The predicted molar refractivity (Wildman–Crippen MR) is 107 cm³/mol. The summed E-state index contributed by atoms with van der Waals surface area (Å²) in [6.07, 6.45) is 5.55. The molecule has 0 saturated carbocycles. The summed E-state index contributed by atoms with van der Waals surface area (Å²) in [6, 6.07) is 3.61. The van der Waals surface area contributed by atoms with Gasteiger partial charge in [-0.1, -0.05) is 12.8 Å². The molecule has 1 amide bonds. The number of anilines is 1. The molecule has 1 fully saturated rings. The molecule has 1 saturated heterocycles. The third-order valence-electron chi connectivity index (χ3n) is 5.74. The third kappa shape index (κ3) is 4.32. The van der Waals surface area contributed by atoms with E-state index < -0.39 is 16.6 Å². The molecule has 1 aliphatic carbocycles. The number of nitrogens with one attached hydrogen (secondary N) is 1. The average Bonchev–Trinajstić information content (AvgIpc) is 2.98. The minimum absolute atomic E-state index is 0.0228. The molecule has 2 N–H and O–H groups in total. The first-order chi connectivity index (χ1) is 13.2. The van der Waals surface area contributed by atoms with Crippen molar-refractivity contribution in [1.82, 2.24) is 4.72 Å². The Hall–Kier alpha value is -2.09. The van der Waals surface area contributed by atoms with E-state index in [0.29, 0.717) is 11.6 Å². The quantitative estimate of drug-likeness (QED) is 0.705. The Balaban J connectivity index is 1.66. The first-order valence-corrected chi connectivity index (χ1v) is 10.7. The topological polar surface area (TPSA) is 95.9 Å². The average molecular weight is 409 g/mol. The van der Waals surface area contributed by atoms with Gasteiger partial charge in [0, 0.05) is 0 Å². The van der Waals surface area contributed by atoms with E-state index in [0.717, 1.165) is 49.7 Å².